The molecule has 0 N–H and O–H groups in total. The first-order valence-corrected chi connectivity index (χ1v) is 7.03. The van der Waals surface area contributed by atoms with Crippen molar-refractivity contribution in [2.75, 3.05) is 0 Å². The Morgan fingerprint density at radius 1 is 1.41 bits per heavy atom. The number of alkyl halides is 1. The highest BCUT2D eigenvalue weighted by Gasteiger charge is 2.22. The van der Waals surface area contributed by atoms with Crippen LogP contribution in [0, 0.1) is 5.92 Å². The topological polar surface area (TPSA) is 22.1 Å². The van der Waals surface area contributed by atoms with E-state index in [1.165, 1.54) is 25.7 Å². The van der Waals surface area contributed by atoms with Gasteiger partial charge in [0.15, 0.2) is 0 Å². The molecule has 0 amide bonds. The van der Waals surface area contributed by atoms with Crippen LogP contribution in [-0.4, -0.2) is 11.1 Å². The predicted octanol–water partition coefficient (Wildman–Crippen LogP) is 4.17. The van der Waals surface area contributed by atoms with Crippen LogP contribution in [0.25, 0.3) is 0 Å². The average molecular weight is 254 g/mol. The van der Waals surface area contributed by atoms with Crippen LogP contribution in [0.5, 0.6) is 5.88 Å². The Kier molecular flexibility index (Phi) is 4.66. The molecule has 94 valence electrons. The Balaban J connectivity index is 1.95. The zero-order chi connectivity index (χ0) is 12.1. The second-order valence-corrected chi connectivity index (χ2v) is 5.05. The fourth-order valence-corrected chi connectivity index (χ4v) is 2.64. The van der Waals surface area contributed by atoms with E-state index < -0.39 is 0 Å². The molecule has 17 heavy (non-hydrogen) atoms. The fraction of sp³-hybridized carbons (Fsp3) is 0.643. The number of nitrogens with zero attached hydrogens (tertiary/aromatic N) is 1. The summed E-state index contributed by atoms with van der Waals surface area (Å²) in [6.07, 6.45) is 6.55. The fourth-order valence-electron chi connectivity index (χ4n) is 2.49. The van der Waals surface area contributed by atoms with E-state index in [2.05, 4.69) is 11.9 Å². The normalized spacial score (nSPS) is 24.6. The molecule has 2 nitrogen and oxygen atoms in total. The summed E-state index contributed by atoms with van der Waals surface area (Å²) >= 11 is 5.77. The van der Waals surface area contributed by atoms with Crippen LogP contribution >= 0.6 is 11.6 Å². The summed E-state index contributed by atoms with van der Waals surface area (Å²) in [5.41, 5.74) is 0.881. The predicted molar refractivity (Wildman–Crippen MR) is 70.5 cm³/mol. The highest BCUT2D eigenvalue weighted by Crippen LogP contribution is 2.29. The van der Waals surface area contributed by atoms with E-state index >= 15 is 0 Å². The van der Waals surface area contributed by atoms with Crippen LogP contribution in [0.4, 0.5) is 0 Å². The van der Waals surface area contributed by atoms with Gasteiger partial charge in [0.05, 0.1) is 11.6 Å². The summed E-state index contributed by atoms with van der Waals surface area (Å²) in [5.74, 6) is 1.99. The summed E-state index contributed by atoms with van der Waals surface area (Å²) < 4.78 is 5.96. The van der Waals surface area contributed by atoms with Gasteiger partial charge in [-0.3, -0.25) is 0 Å². The zero-order valence-electron chi connectivity index (χ0n) is 10.4. The van der Waals surface area contributed by atoms with Crippen molar-refractivity contribution in [2.45, 2.75) is 51.0 Å². The Morgan fingerprint density at radius 3 is 3.06 bits per heavy atom. The highest BCUT2D eigenvalue weighted by molar-refractivity contribution is 6.16. The van der Waals surface area contributed by atoms with E-state index in [-0.39, 0.29) is 0 Å². The van der Waals surface area contributed by atoms with Gasteiger partial charge in [-0.2, -0.15) is 0 Å². The Bertz CT molecular complexity index is 356. The number of hydrogen-bond acceptors (Lipinski definition) is 2. The van der Waals surface area contributed by atoms with Crippen LogP contribution in [0.3, 0.4) is 0 Å². The van der Waals surface area contributed by atoms with Gasteiger partial charge in [-0.15, -0.1) is 11.6 Å². The van der Waals surface area contributed by atoms with E-state index in [0.29, 0.717) is 12.0 Å². The molecular weight excluding hydrogens is 234 g/mol. The van der Waals surface area contributed by atoms with Gasteiger partial charge >= 0.3 is 0 Å². The van der Waals surface area contributed by atoms with Crippen molar-refractivity contribution in [2.24, 2.45) is 5.92 Å². The van der Waals surface area contributed by atoms with Crippen LogP contribution in [0.15, 0.2) is 18.2 Å². The molecule has 1 heterocycles. The molecule has 3 heteroatoms. The Hall–Kier alpha value is -0.760. The standard InChI is InChI=1S/C14H20ClNO/c1-2-11-5-3-7-13(9-11)17-14-8-4-6-12(10-15)16-14/h4,6,8,11,13H,2-3,5,7,9-10H2,1H3. The van der Waals surface area contributed by atoms with Crippen molar-refractivity contribution in [3.05, 3.63) is 23.9 Å². The summed E-state index contributed by atoms with van der Waals surface area (Å²) in [4.78, 5) is 4.38. The summed E-state index contributed by atoms with van der Waals surface area (Å²) in [5, 5.41) is 0. The van der Waals surface area contributed by atoms with Crippen molar-refractivity contribution < 1.29 is 4.74 Å². The Morgan fingerprint density at radius 2 is 2.29 bits per heavy atom. The first-order valence-electron chi connectivity index (χ1n) is 6.50. The molecule has 1 fully saturated rings. The third kappa shape index (κ3) is 3.60. The molecule has 0 aliphatic heterocycles. The Labute approximate surface area is 108 Å². The van der Waals surface area contributed by atoms with Gasteiger partial charge in [0.25, 0.3) is 0 Å². The van der Waals surface area contributed by atoms with Gasteiger partial charge in [0.1, 0.15) is 6.10 Å². The molecule has 0 aromatic carbocycles. The van der Waals surface area contributed by atoms with Crippen molar-refractivity contribution in [3.63, 3.8) is 0 Å². The van der Waals surface area contributed by atoms with Gasteiger partial charge in [-0.05, 0) is 31.2 Å². The second kappa shape index (κ2) is 6.25. The molecule has 1 aromatic heterocycles. The molecule has 1 aliphatic rings. The van der Waals surface area contributed by atoms with Crippen LogP contribution in [-0.2, 0) is 5.88 Å². The van der Waals surface area contributed by atoms with Crippen LogP contribution < -0.4 is 4.74 Å². The molecular formula is C14H20ClNO. The lowest BCUT2D eigenvalue weighted by atomic mass is 9.85. The maximum Gasteiger partial charge on any atom is 0.213 e. The minimum absolute atomic E-state index is 0.340. The van der Waals surface area contributed by atoms with Crippen molar-refractivity contribution in [3.8, 4) is 5.88 Å². The highest BCUT2D eigenvalue weighted by atomic mass is 35.5. The van der Waals surface area contributed by atoms with E-state index in [4.69, 9.17) is 16.3 Å². The summed E-state index contributed by atoms with van der Waals surface area (Å²) in [7, 11) is 0. The molecule has 0 bridgehead atoms. The SMILES string of the molecule is CCC1CCCC(Oc2cccc(CCl)n2)C1. The molecule has 0 spiro atoms. The average Bonchev–Trinajstić information content (AvgIpc) is 2.39. The molecule has 2 unspecified atom stereocenters. The zero-order valence-corrected chi connectivity index (χ0v) is 11.1. The monoisotopic (exact) mass is 253 g/mol. The van der Waals surface area contributed by atoms with E-state index in [1.54, 1.807) is 0 Å². The molecule has 1 saturated carbocycles. The molecule has 2 atom stereocenters. The second-order valence-electron chi connectivity index (χ2n) is 4.78. The first-order chi connectivity index (χ1) is 8.31. The quantitative estimate of drug-likeness (QED) is 0.752. The minimum atomic E-state index is 0.340. The van der Waals surface area contributed by atoms with Gasteiger partial charge in [-0.1, -0.05) is 25.8 Å². The largest absolute Gasteiger partial charge is 0.474 e. The van der Waals surface area contributed by atoms with Gasteiger partial charge in [0.2, 0.25) is 5.88 Å². The summed E-state index contributed by atoms with van der Waals surface area (Å²) in [6.45, 7) is 2.26. The maximum absolute atomic E-state index is 5.96. The number of ether oxygens (including phenoxy) is 1. The number of halogens is 1. The van der Waals surface area contributed by atoms with Gasteiger partial charge < -0.3 is 4.74 Å². The van der Waals surface area contributed by atoms with Crippen molar-refractivity contribution in [1.29, 1.82) is 0 Å². The molecule has 1 aliphatic carbocycles. The lowest BCUT2D eigenvalue weighted by Crippen LogP contribution is -2.25. The van der Waals surface area contributed by atoms with Crippen molar-refractivity contribution in [1.82, 2.24) is 4.98 Å². The minimum Gasteiger partial charge on any atom is -0.474 e. The lowest BCUT2D eigenvalue weighted by Gasteiger charge is -2.28. The number of hydrogen-bond donors (Lipinski definition) is 0. The summed E-state index contributed by atoms with van der Waals surface area (Å²) in [6, 6.07) is 5.81. The third-order valence-corrected chi connectivity index (χ3v) is 3.79. The molecule has 1 aromatic rings. The first kappa shape index (κ1) is 12.7. The van der Waals surface area contributed by atoms with E-state index in [9.17, 15) is 0 Å². The molecule has 2 rings (SSSR count). The van der Waals surface area contributed by atoms with E-state index in [0.717, 1.165) is 23.9 Å². The molecule has 0 saturated heterocycles. The number of aromatic nitrogens is 1. The number of pyridine rings is 1. The van der Waals surface area contributed by atoms with Crippen molar-refractivity contribution >= 4 is 11.6 Å². The van der Waals surface area contributed by atoms with E-state index in [1.807, 2.05) is 18.2 Å². The van der Waals surface area contributed by atoms with Crippen LogP contribution in [0.1, 0.15) is 44.7 Å². The number of rotatable bonds is 4. The van der Waals surface area contributed by atoms with Gasteiger partial charge in [0, 0.05) is 6.07 Å². The van der Waals surface area contributed by atoms with Crippen LogP contribution in [0.2, 0.25) is 0 Å². The maximum atomic E-state index is 5.96. The van der Waals surface area contributed by atoms with Gasteiger partial charge in [-0.25, -0.2) is 4.98 Å². The molecule has 0 radical (unpaired) electrons. The third-order valence-electron chi connectivity index (χ3n) is 3.52. The smallest absolute Gasteiger partial charge is 0.213 e. The lowest BCUT2D eigenvalue weighted by molar-refractivity contribution is 0.117.